The van der Waals surface area contributed by atoms with E-state index < -0.39 is 0 Å². The fourth-order valence-electron chi connectivity index (χ4n) is 4.23. The number of anilines is 1. The molecule has 1 saturated heterocycles. The van der Waals surface area contributed by atoms with E-state index in [9.17, 15) is 4.79 Å². The van der Waals surface area contributed by atoms with Gasteiger partial charge in [0.05, 0.1) is 7.11 Å². The normalized spacial score (nSPS) is 17.0. The number of hydrogen-bond acceptors (Lipinski definition) is 6. The van der Waals surface area contributed by atoms with Crippen molar-refractivity contribution in [1.82, 2.24) is 20.3 Å². The van der Waals surface area contributed by atoms with Gasteiger partial charge in [-0.3, -0.25) is 9.48 Å². The fraction of sp³-hybridized carbons (Fsp3) is 0.435. The fourth-order valence-corrected chi connectivity index (χ4v) is 4.23. The van der Waals surface area contributed by atoms with Gasteiger partial charge in [-0.05, 0) is 56.0 Å². The second-order valence-corrected chi connectivity index (χ2v) is 8.52. The van der Waals surface area contributed by atoms with Gasteiger partial charge in [0.1, 0.15) is 11.3 Å². The SMILES string of the molecule is COc1ccc(-c2onc(N3CCCC3)c2C(=O)NCC2(Cn3cccn3)CC2)cc1. The predicted octanol–water partition coefficient (Wildman–Crippen LogP) is 3.36. The van der Waals surface area contributed by atoms with Gasteiger partial charge in [-0.15, -0.1) is 0 Å². The molecule has 3 aromatic rings. The van der Waals surface area contributed by atoms with Crippen molar-refractivity contribution in [2.45, 2.75) is 32.2 Å². The van der Waals surface area contributed by atoms with Crippen LogP contribution in [-0.2, 0) is 6.54 Å². The molecule has 8 heteroatoms. The highest BCUT2D eigenvalue weighted by atomic mass is 16.5. The monoisotopic (exact) mass is 421 g/mol. The van der Waals surface area contributed by atoms with Crippen LogP contribution in [0.25, 0.3) is 11.3 Å². The molecule has 0 unspecified atom stereocenters. The summed E-state index contributed by atoms with van der Waals surface area (Å²) >= 11 is 0. The van der Waals surface area contributed by atoms with Gasteiger partial charge in [0, 0.05) is 49.6 Å². The Labute approximate surface area is 181 Å². The van der Waals surface area contributed by atoms with Crippen molar-refractivity contribution in [3.8, 4) is 17.1 Å². The molecule has 2 aliphatic rings. The number of methoxy groups -OCH3 is 1. The summed E-state index contributed by atoms with van der Waals surface area (Å²) < 4.78 is 12.9. The lowest BCUT2D eigenvalue weighted by Crippen LogP contribution is -2.33. The van der Waals surface area contributed by atoms with Gasteiger partial charge in [-0.2, -0.15) is 5.10 Å². The number of hydrogen-bond donors (Lipinski definition) is 1. The summed E-state index contributed by atoms with van der Waals surface area (Å²) in [5, 5.41) is 11.8. The van der Waals surface area contributed by atoms with E-state index in [4.69, 9.17) is 9.26 Å². The van der Waals surface area contributed by atoms with Crippen molar-refractivity contribution in [2.75, 3.05) is 31.6 Å². The number of ether oxygens (including phenoxy) is 1. The molecule has 1 N–H and O–H groups in total. The molecular formula is C23H27N5O3. The van der Waals surface area contributed by atoms with Crippen molar-refractivity contribution in [3.05, 3.63) is 48.3 Å². The Kier molecular flexibility index (Phi) is 5.13. The maximum Gasteiger partial charge on any atom is 0.259 e. The summed E-state index contributed by atoms with van der Waals surface area (Å²) in [7, 11) is 1.63. The van der Waals surface area contributed by atoms with Crippen LogP contribution in [0.4, 0.5) is 5.82 Å². The van der Waals surface area contributed by atoms with Crippen LogP contribution in [0, 0.1) is 5.41 Å². The third-order valence-corrected chi connectivity index (χ3v) is 6.30. The lowest BCUT2D eigenvalue weighted by molar-refractivity contribution is 0.0943. The van der Waals surface area contributed by atoms with Gasteiger partial charge in [0.15, 0.2) is 11.6 Å². The highest BCUT2D eigenvalue weighted by molar-refractivity contribution is 6.04. The molecule has 8 nitrogen and oxygen atoms in total. The Morgan fingerprint density at radius 2 is 2.00 bits per heavy atom. The number of aromatic nitrogens is 3. The van der Waals surface area contributed by atoms with Crippen LogP contribution in [0.5, 0.6) is 5.75 Å². The molecular weight excluding hydrogens is 394 g/mol. The van der Waals surface area contributed by atoms with Crippen molar-refractivity contribution < 1.29 is 14.1 Å². The molecule has 1 aliphatic carbocycles. The van der Waals surface area contributed by atoms with E-state index in [0.29, 0.717) is 23.7 Å². The van der Waals surface area contributed by atoms with E-state index >= 15 is 0 Å². The smallest absolute Gasteiger partial charge is 0.259 e. The Morgan fingerprint density at radius 1 is 1.23 bits per heavy atom. The molecule has 1 aliphatic heterocycles. The summed E-state index contributed by atoms with van der Waals surface area (Å²) in [5.41, 5.74) is 1.40. The van der Waals surface area contributed by atoms with Crippen LogP contribution >= 0.6 is 0 Å². The van der Waals surface area contributed by atoms with Crippen molar-refractivity contribution in [3.63, 3.8) is 0 Å². The summed E-state index contributed by atoms with van der Waals surface area (Å²) in [4.78, 5) is 15.5. The minimum absolute atomic E-state index is 0.0763. The van der Waals surface area contributed by atoms with Crippen LogP contribution in [0.2, 0.25) is 0 Å². The first kappa shape index (κ1) is 19.7. The summed E-state index contributed by atoms with van der Waals surface area (Å²) in [6.07, 6.45) is 8.12. The number of amides is 1. The molecule has 162 valence electrons. The first-order chi connectivity index (χ1) is 15.2. The maximum atomic E-state index is 13.4. The lowest BCUT2D eigenvalue weighted by atomic mass is 10.1. The third-order valence-electron chi connectivity index (χ3n) is 6.30. The van der Waals surface area contributed by atoms with Crippen molar-refractivity contribution >= 4 is 11.7 Å². The second kappa shape index (κ2) is 8.09. The largest absolute Gasteiger partial charge is 0.497 e. The summed E-state index contributed by atoms with van der Waals surface area (Å²) in [6.45, 7) is 3.20. The van der Waals surface area contributed by atoms with Crippen LogP contribution in [0.3, 0.4) is 0 Å². The van der Waals surface area contributed by atoms with Gasteiger partial charge >= 0.3 is 0 Å². The van der Waals surface area contributed by atoms with Gasteiger partial charge in [0.25, 0.3) is 5.91 Å². The zero-order valence-electron chi connectivity index (χ0n) is 17.7. The van der Waals surface area contributed by atoms with Gasteiger partial charge in [0.2, 0.25) is 0 Å². The Hall–Kier alpha value is -3.29. The molecule has 0 spiro atoms. The molecule has 0 radical (unpaired) electrons. The highest BCUT2D eigenvalue weighted by Crippen LogP contribution is 2.46. The zero-order chi connectivity index (χ0) is 21.3. The van der Waals surface area contributed by atoms with Crippen molar-refractivity contribution in [2.24, 2.45) is 5.41 Å². The van der Waals surface area contributed by atoms with Crippen LogP contribution in [-0.4, -0.2) is 47.6 Å². The number of carbonyl (C=O) groups excluding carboxylic acids is 1. The molecule has 0 bridgehead atoms. The summed E-state index contributed by atoms with van der Waals surface area (Å²) in [5.74, 6) is 1.75. The molecule has 2 fully saturated rings. The summed E-state index contributed by atoms with van der Waals surface area (Å²) in [6, 6.07) is 9.43. The Morgan fingerprint density at radius 3 is 2.65 bits per heavy atom. The molecule has 3 heterocycles. The van der Waals surface area contributed by atoms with Crippen molar-refractivity contribution in [1.29, 1.82) is 0 Å². The average molecular weight is 422 g/mol. The third kappa shape index (κ3) is 4.02. The van der Waals surface area contributed by atoms with Gasteiger partial charge < -0.3 is 19.5 Å². The van der Waals surface area contributed by atoms with E-state index in [2.05, 4.69) is 20.5 Å². The molecule has 1 amide bonds. The molecule has 1 aromatic carbocycles. The Balaban J connectivity index is 1.39. The van der Waals surface area contributed by atoms with Crippen LogP contribution < -0.4 is 15.0 Å². The number of nitrogens with one attached hydrogen (secondary N) is 1. The second-order valence-electron chi connectivity index (χ2n) is 8.52. The van der Waals surface area contributed by atoms with Crippen LogP contribution in [0.15, 0.2) is 47.2 Å². The van der Waals surface area contributed by atoms with Crippen LogP contribution in [0.1, 0.15) is 36.0 Å². The van der Waals surface area contributed by atoms with E-state index in [1.165, 1.54) is 0 Å². The predicted molar refractivity (Wildman–Crippen MR) is 116 cm³/mol. The number of benzene rings is 1. The van der Waals surface area contributed by atoms with E-state index in [1.807, 2.05) is 41.2 Å². The zero-order valence-corrected chi connectivity index (χ0v) is 17.7. The number of nitrogens with zero attached hydrogens (tertiary/aromatic N) is 4. The molecule has 5 rings (SSSR count). The first-order valence-electron chi connectivity index (χ1n) is 10.8. The minimum Gasteiger partial charge on any atom is -0.497 e. The van der Waals surface area contributed by atoms with E-state index in [-0.39, 0.29) is 11.3 Å². The Bertz CT molecular complexity index is 1030. The topological polar surface area (TPSA) is 85.4 Å². The lowest BCUT2D eigenvalue weighted by Gasteiger charge is -2.18. The standard InChI is InChI=1S/C23H27N5O3/c1-30-18-7-5-17(6-8-18)20-19(21(26-31-20)27-12-2-3-13-27)22(29)24-15-23(9-10-23)16-28-14-4-11-25-28/h4-8,11,14H,2-3,9-10,12-13,15-16H2,1H3,(H,24,29). The highest BCUT2D eigenvalue weighted by Gasteiger charge is 2.43. The molecule has 0 atom stereocenters. The average Bonchev–Trinajstić information content (AvgIpc) is 3.26. The number of carbonyl (C=O) groups is 1. The number of rotatable bonds is 8. The minimum atomic E-state index is -0.138. The molecule has 1 saturated carbocycles. The quantitative estimate of drug-likeness (QED) is 0.600. The van der Waals surface area contributed by atoms with E-state index in [0.717, 1.165) is 56.6 Å². The molecule has 2 aromatic heterocycles. The van der Waals surface area contributed by atoms with E-state index in [1.54, 1.807) is 13.3 Å². The first-order valence-corrected chi connectivity index (χ1v) is 10.8. The van der Waals surface area contributed by atoms with Gasteiger partial charge in [-0.1, -0.05) is 5.16 Å². The molecule has 31 heavy (non-hydrogen) atoms. The van der Waals surface area contributed by atoms with Gasteiger partial charge in [-0.25, -0.2) is 0 Å². The maximum absolute atomic E-state index is 13.4.